The lowest BCUT2D eigenvalue weighted by Crippen LogP contribution is -2.37. The first kappa shape index (κ1) is 27.4. The topological polar surface area (TPSA) is 60.7 Å². The van der Waals surface area contributed by atoms with E-state index in [1.807, 2.05) is 44.2 Å². The normalized spacial score (nSPS) is 36.3. The van der Waals surface area contributed by atoms with E-state index >= 15 is 0 Å². The zero-order valence-corrected chi connectivity index (χ0v) is 22.9. The summed E-state index contributed by atoms with van der Waals surface area (Å²) in [4.78, 5) is 0. The van der Waals surface area contributed by atoms with Crippen LogP contribution in [0.15, 0.2) is 65.8 Å². The smallest absolute Gasteiger partial charge is 0.0880 e. The van der Waals surface area contributed by atoms with Gasteiger partial charge in [-0.05, 0) is 98.7 Å². The molecule has 3 saturated carbocycles. The Morgan fingerprint density at radius 3 is 2.56 bits per heavy atom. The molecule has 1 aromatic rings. The molecule has 0 bridgehead atoms. The maximum Gasteiger partial charge on any atom is 0.0880 e. The molecule has 7 atom stereocenters. The molecule has 3 heteroatoms. The molecular formula is C33H48O3. The van der Waals surface area contributed by atoms with Gasteiger partial charge in [-0.3, -0.25) is 0 Å². The van der Waals surface area contributed by atoms with Crippen LogP contribution in [0, 0.1) is 23.2 Å². The van der Waals surface area contributed by atoms with Gasteiger partial charge in [0.1, 0.15) is 0 Å². The van der Waals surface area contributed by atoms with Crippen LogP contribution in [0.5, 0.6) is 0 Å². The molecule has 3 fully saturated rings. The van der Waals surface area contributed by atoms with Crippen LogP contribution in [-0.4, -0.2) is 33.1 Å². The number of aliphatic hydroxyl groups excluding tert-OH is 2. The number of allylic oxidation sites excluding steroid dienone is 3. The van der Waals surface area contributed by atoms with Crippen molar-refractivity contribution < 1.29 is 15.3 Å². The molecular weight excluding hydrogens is 444 g/mol. The number of fused-ring (bicyclic) bond motifs is 1. The summed E-state index contributed by atoms with van der Waals surface area (Å²) in [6.07, 6.45) is 13.0. The van der Waals surface area contributed by atoms with Gasteiger partial charge in [-0.1, -0.05) is 81.3 Å². The van der Waals surface area contributed by atoms with Crippen LogP contribution in [0.1, 0.15) is 97.0 Å². The van der Waals surface area contributed by atoms with Crippen molar-refractivity contribution in [3.63, 3.8) is 0 Å². The van der Waals surface area contributed by atoms with E-state index in [4.69, 9.17) is 0 Å². The summed E-state index contributed by atoms with van der Waals surface area (Å²) in [6, 6.07) is 9.82. The standard InChI is InChI=1S/C33H48O3/c1-22(11-9-19-32(3,4)36)27-17-18-28-24(14-10-20-33(27,28)5)15-16-26-21-29(34)30(31(35)23(26)2)25-12-7-6-8-13-25/h6-8,12-13,15-16,22,27-31,34-36H,2,9-11,14,17-21H2,1,3-5H3/b24-15+,26-16-/t22-,27-,28+,29-,30-,31-,33-/m1/s1. The van der Waals surface area contributed by atoms with E-state index in [0.717, 1.165) is 41.9 Å². The second kappa shape index (κ2) is 11.0. The molecule has 3 N–H and O–H groups in total. The summed E-state index contributed by atoms with van der Waals surface area (Å²) in [7, 11) is 0. The Morgan fingerprint density at radius 1 is 1.14 bits per heavy atom. The molecule has 0 amide bonds. The second-order valence-corrected chi connectivity index (χ2v) is 12.9. The van der Waals surface area contributed by atoms with Gasteiger partial charge < -0.3 is 15.3 Å². The molecule has 198 valence electrons. The van der Waals surface area contributed by atoms with Crippen LogP contribution in [0.2, 0.25) is 0 Å². The summed E-state index contributed by atoms with van der Waals surface area (Å²) in [5.74, 6) is 1.71. The van der Waals surface area contributed by atoms with Crippen LogP contribution >= 0.6 is 0 Å². The Labute approximate surface area is 219 Å². The highest BCUT2D eigenvalue weighted by molar-refractivity contribution is 5.43. The molecule has 3 aliphatic carbocycles. The lowest BCUT2D eigenvalue weighted by molar-refractivity contribution is 0.0580. The van der Waals surface area contributed by atoms with Gasteiger partial charge in [0.25, 0.3) is 0 Å². The quantitative estimate of drug-likeness (QED) is 0.380. The molecule has 0 spiro atoms. The summed E-state index contributed by atoms with van der Waals surface area (Å²) >= 11 is 0. The average molecular weight is 493 g/mol. The Balaban J connectivity index is 1.46. The Kier molecular flexibility index (Phi) is 8.34. The Bertz CT molecular complexity index is 968. The molecule has 3 nitrogen and oxygen atoms in total. The van der Waals surface area contributed by atoms with Gasteiger partial charge in [-0.15, -0.1) is 0 Å². The van der Waals surface area contributed by atoms with Gasteiger partial charge in [-0.2, -0.15) is 0 Å². The molecule has 0 saturated heterocycles. The largest absolute Gasteiger partial charge is 0.392 e. The summed E-state index contributed by atoms with van der Waals surface area (Å²) in [6.45, 7) is 13.0. The van der Waals surface area contributed by atoms with Gasteiger partial charge in [0.15, 0.2) is 0 Å². The molecule has 3 aliphatic rings. The summed E-state index contributed by atoms with van der Waals surface area (Å²) in [5, 5.41) is 32.1. The van der Waals surface area contributed by atoms with Crippen molar-refractivity contribution in [2.75, 3.05) is 0 Å². The predicted molar refractivity (Wildman–Crippen MR) is 149 cm³/mol. The maximum absolute atomic E-state index is 11.0. The number of rotatable bonds is 7. The fourth-order valence-corrected chi connectivity index (χ4v) is 7.84. The number of aliphatic hydroxyl groups is 3. The number of hydrogen-bond donors (Lipinski definition) is 3. The van der Waals surface area contributed by atoms with E-state index < -0.39 is 17.8 Å². The third-order valence-electron chi connectivity index (χ3n) is 9.81. The summed E-state index contributed by atoms with van der Waals surface area (Å²) < 4.78 is 0. The fraction of sp³-hybridized carbons (Fsp3) is 0.636. The van der Waals surface area contributed by atoms with Crippen LogP contribution in [-0.2, 0) is 0 Å². The first-order valence-electron chi connectivity index (χ1n) is 14.2. The minimum Gasteiger partial charge on any atom is -0.392 e. The third kappa shape index (κ3) is 5.74. The average Bonchev–Trinajstić information content (AvgIpc) is 3.18. The van der Waals surface area contributed by atoms with Crippen molar-refractivity contribution in [3.05, 3.63) is 71.3 Å². The van der Waals surface area contributed by atoms with Crippen molar-refractivity contribution in [2.24, 2.45) is 23.2 Å². The minimum absolute atomic E-state index is 0.324. The van der Waals surface area contributed by atoms with Crippen molar-refractivity contribution in [3.8, 4) is 0 Å². The van der Waals surface area contributed by atoms with Gasteiger partial charge >= 0.3 is 0 Å². The van der Waals surface area contributed by atoms with Gasteiger partial charge in [0, 0.05) is 5.92 Å². The van der Waals surface area contributed by atoms with Crippen LogP contribution in [0.25, 0.3) is 0 Å². The molecule has 0 heterocycles. The van der Waals surface area contributed by atoms with Crippen molar-refractivity contribution >= 4 is 0 Å². The van der Waals surface area contributed by atoms with Gasteiger partial charge in [-0.25, -0.2) is 0 Å². The fourth-order valence-electron chi connectivity index (χ4n) is 7.84. The van der Waals surface area contributed by atoms with E-state index in [1.165, 1.54) is 32.1 Å². The SMILES string of the molecule is C=C1/C(=C\C=C2/CCC[C@]3(C)[C@@H]([C@H](C)CCCC(C)(C)O)CC[C@@H]23)C[C@@H](O)[C@@H](c2ccccc2)[C@@H]1O. The molecule has 0 radical (unpaired) electrons. The second-order valence-electron chi connectivity index (χ2n) is 12.9. The zero-order chi connectivity index (χ0) is 26.1. The molecule has 0 aliphatic heterocycles. The van der Waals surface area contributed by atoms with Gasteiger partial charge in [0.2, 0.25) is 0 Å². The highest BCUT2D eigenvalue weighted by atomic mass is 16.3. The third-order valence-corrected chi connectivity index (χ3v) is 9.81. The molecule has 1 aromatic carbocycles. The Morgan fingerprint density at radius 2 is 1.86 bits per heavy atom. The first-order chi connectivity index (χ1) is 17.0. The lowest BCUT2D eigenvalue weighted by Gasteiger charge is -2.44. The highest BCUT2D eigenvalue weighted by Gasteiger charge is 2.50. The van der Waals surface area contributed by atoms with E-state index in [0.29, 0.717) is 23.7 Å². The molecule has 4 rings (SSSR count). The number of hydrogen-bond acceptors (Lipinski definition) is 3. The highest BCUT2D eigenvalue weighted by Crippen LogP contribution is 2.60. The number of benzene rings is 1. The van der Waals surface area contributed by atoms with Crippen molar-refractivity contribution in [1.82, 2.24) is 0 Å². The van der Waals surface area contributed by atoms with Gasteiger partial charge in [0.05, 0.1) is 17.8 Å². The predicted octanol–water partition coefficient (Wildman–Crippen LogP) is 7.10. The van der Waals surface area contributed by atoms with Crippen molar-refractivity contribution in [2.45, 2.75) is 109 Å². The molecule has 0 aromatic heterocycles. The summed E-state index contributed by atoms with van der Waals surface area (Å²) in [5.41, 5.74) is 4.02. The van der Waals surface area contributed by atoms with Crippen LogP contribution in [0.3, 0.4) is 0 Å². The lowest BCUT2D eigenvalue weighted by atomic mass is 9.60. The maximum atomic E-state index is 11.0. The minimum atomic E-state index is -0.766. The van der Waals surface area contributed by atoms with E-state index in [2.05, 4.69) is 32.6 Å². The monoisotopic (exact) mass is 492 g/mol. The van der Waals surface area contributed by atoms with Crippen molar-refractivity contribution in [1.29, 1.82) is 0 Å². The van der Waals surface area contributed by atoms with Crippen LogP contribution < -0.4 is 0 Å². The first-order valence-corrected chi connectivity index (χ1v) is 14.2. The Hall–Kier alpha value is -1.68. The molecule has 36 heavy (non-hydrogen) atoms. The van der Waals surface area contributed by atoms with E-state index in [1.54, 1.807) is 5.57 Å². The van der Waals surface area contributed by atoms with Crippen LogP contribution in [0.4, 0.5) is 0 Å². The van der Waals surface area contributed by atoms with E-state index in [9.17, 15) is 15.3 Å². The van der Waals surface area contributed by atoms with E-state index in [-0.39, 0.29) is 5.92 Å². The molecule has 0 unspecified atom stereocenters. The zero-order valence-electron chi connectivity index (χ0n) is 22.9.